The Hall–Kier alpha value is -4.94. The molecule has 4 rings (SSSR count). The molecule has 2 heterocycles. The Morgan fingerprint density at radius 2 is 1.89 bits per heavy atom. The standard InChI is InChI=1S/C22H22N8O5/c1-13(14-9-10-17(32-2)18(11-14)33-3)24-26-22(31)19-16(12-34-15-7-5-4-6-8-15)30(29-25-19)21-20(23)27-35-28-21/h4-11H,12H2,1-3H3,(H2,23,27)(H,26,31)/b24-13-. The van der Waals surface area contributed by atoms with Gasteiger partial charge in [0.25, 0.3) is 5.91 Å². The lowest BCUT2D eigenvalue weighted by molar-refractivity contribution is 0.0947. The second-order valence-electron chi connectivity index (χ2n) is 7.08. The minimum Gasteiger partial charge on any atom is -0.493 e. The average molecular weight is 478 g/mol. The number of hydrazone groups is 1. The quantitative estimate of drug-likeness (QED) is 0.268. The van der Waals surface area contributed by atoms with Gasteiger partial charge in [0.1, 0.15) is 18.1 Å². The normalized spacial score (nSPS) is 11.2. The summed E-state index contributed by atoms with van der Waals surface area (Å²) in [5.41, 5.74) is 9.78. The number of para-hydroxylation sites is 1. The zero-order valence-corrected chi connectivity index (χ0v) is 19.1. The number of amides is 1. The molecule has 2 aromatic carbocycles. The van der Waals surface area contributed by atoms with Gasteiger partial charge in [-0.2, -0.15) is 9.78 Å². The van der Waals surface area contributed by atoms with Crippen molar-refractivity contribution >= 4 is 17.4 Å². The molecule has 0 unspecified atom stereocenters. The van der Waals surface area contributed by atoms with E-state index in [4.69, 9.17) is 19.9 Å². The van der Waals surface area contributed by atoms with Crippen LogP contribution in [-0.2, 0) is 6.61 Å². The van der Waals surface area contributed by atoms with Gasteiger partial charge in [-0.05, 0) is 47.6 Å². The fourth-order valence-electron chi connectivity index (χ4n) is 3.10. The van der Waals surface area contributed by atoms with Crippen molar-refractivity contribution in [3.63, 3.8) is 0 Å². The van der Waals surface area contributed by atoms with Gasteiger partial charge in [-0.25, -0.2) is 10.1 Å². The number of nitrogens with two attached hydrogens (primary N) is 1. The van der Waals surface area contributed by atoms with E-state index in [9.17, 15) is 4.79 Å². The monoisotopic (exact) mass is 478 g/mol. The first-order valence-corrected chi connectivity index (χ1v) is 10.3. The van der Waals surface area contributed by atoms with Crippen LogP contribution in [0.25, 0.3) is 5.82 Å². The van der Waals surface area contributed by atoms with Gasteiger partial charge in [0.15, 0.2) is 17.2 Å². The maximum Gasteiger partial charge on any atom is 0.293 e. The lowest BCUT2D eigenvalue weighted by atomic mass is 10.1. The zero-order valence-electron chi connectivity index (χ0n) is 19.1. The Labute approximate surface area is 199 Å². The highest BCUT2D eigenvalue weighted by molar-refractivity contribution is 6.01. The van der Waals surface area contributed by atoms with E-state index in [1.165, 1.54) is 11.8 Å². The van der Waals surface area contributed by atoms with Crippen LogP contribution in [0.3, 0.4) is 0 Å². The Kier molecular flexibility index (Phi) is 6.86. The first kappa shape index (κ1) is 23.2. The molecular weight excluding hydrogens is 456 g/mol. The number of anilines is 1. The second kappa shape index (κ2) is 10.3. The Balaban J connectivity index is 1.59. The molecule has 2 aromatic heterocycles. The fourth-order valence-corrected chi connectivity index (χ4v) is 3.10. The van der Waals surface area contributed by atoms with Gasteiger partial charge in [0, 0.05) is 5.56 Å². The van der Waals surface area contributed by atoms with Gasteiger partial charge in [-0.1, -0.05) is 23.4 Å². The third kappa shape index (κ3) is 5.03. The minimum atomic E-state index is -0.613. The van der Waals surface area contributed by atoms with E-state index in [1.54, 1.807) is 44.4 Å². The van der Waals surface area contributed by atoms with Crippen molar-refractivity contribution in [2.45, 2.75) is 13.5 Å². The van der Waals surface area contributed by atoms with Crippen LogP contribution in [0.4, 0.5) is 5.82 Å². The highest BCUT2D eigenvalue weighted by atomic mass is 16.6. The van der Waals surface area contributed by atoms with E-state index in [2.05, 4.69) is 35.8 Å². The summed E-state index contributed by atoms with van der Waals surface area (Å²) >= 11 is 0. The molecule has 3 N–H and O–H groups in total. The molecule has 180 valence electrons. The van der Waals surface area contributed by atoms with Crippen LogP contribution in [0.5, 0.6) is 17.2 Å². The smallest absolute Gasteiger partial charge is 0.293 e. The van der Waals surface area contributed by atoms with Gasteiger partial charge in [-0.3, -0.25) is 4.79 Å². The number of nitrogen functional groups attached to an aromatic ring is 1. The first-order valence-electron chi connectivity index (χ1n) is 10.3. The van der Waals surface area contributed by atoms with E-state index in [0.717, 1.165) is 5.56 Å². The third-order valence-electron chi connectivity index (χ3n) is 4.92. The van der Waals surface area contributed by atoms with Crippen LogP contribution in [0.15, 0.2) is 58.3 Å². The Morgan fingerprint density at radius 1 is 1.11 bits per heavy atom. The van der Waals surface area contributed by atoms with Gasteiger partial charge in [0.05, 0.1) is 19.9 Å². The summed E-state index contributed by atoms with van der Waals surface area (Å²) < 4.78 is 22.3. The van der Waals surface area contributed by atoms with E-state index < -0.39 is 5.91 Å². The van der Waals surface area contributed by atoms with Gasteiger partial charge < -0.3 is 19.9 Å². The third-order valence-corrected chi connectivity index (χ3v) is 4.92. The number of aromatic nitrogens is 5. The molecule has 0 aliphatic heterocycles. The molecule has 13 heteroatoms. The summed E-state index contributed by atoms with van der Waals surface area (Å²) in [4.78, 5) is 13.0. The second-order valence-corrected chi connectivity index (χ2v) is 7.08. The highest BCUT2D eigenvalue weighted by Gasteiger charge is 2.24. The molecule has 0 atom stereocenters. The topological polar surface area (TPSA) is 165 Å². The molecule has 35 heavy (non-hydrogen) atoms. The largest absolute Gasteiger partial charge is 0.493 e. The SMILES string of the molecule is COc1ccc(/C(C)=N\NC(=O)c2nnn(-c3nonc3N)c2COc2ccccc2)cc1OC. The number of carbonyl (C=O) groups excluding carboxylic acids is 1. The number of nitrogens with one attached hydrogen (secondary N) is 1. The molecule has 0 spiro atoms. The number of ether oxygens (including phenoxy) is 3. The number of carbonyl (C=O) groups is 1. The predicted molar refractivity (Wildman–Crippen MR) is 124 cm³/mol. The van der Waals surface area contributed by atoms with Crippen LogP contribution in [0, 0.1) is 0 Å². The number of methoxy groups -OCH3 is 2. The minimum absolute atomic E-state index is 0.0230. The van der Waals surface area contributed by atoms with Crippen LogP contribution >= 0.6 is 0 Å². The van der Waals surface area contributed by atoms with Crippen LogP contribution < -0.4 is 25.4 Å². The van der Waals surface area contributed by atoms with E-state index in [1.807, 2.05) is 18.2 Å². The van der Waals surface area contributed by atoms with Gasteiger partial charge in [-0.15, -0.1) is 5.10 Å². The lowest BCUT2D eigenvalue weighted by Gasteiger charge is -2.10. The van der Waals surface area contributed by atoms with Gasteiger partial charge >= 0.3 is 0 Å². The fraction of sp³-hybridized carbons (Fsp3) is 0.182. The van der Waals surface area contributed by atoms with Crippen LogP contribution in [0.2, 0.25) is 0 Å². The van der Waals surface area contributed by atoms with Crippen LogP contribution in [-0.4, -0.2) is 51.1 Å². The maximum atomic E-state index is 13.0. The van der Waals surface area contributed by atoms with Crippen molar-refractivity contribution in [2.75, 3.05) is 20.0 Å². The lowest BCUT2D eigenvalue weighted by Crippen LogP contribution is -2.22. The van der Waals surface area contributed by atoms with Crippen molar-refractivity contribution in [2.24, 2.45) is 5.10 Å². The molecule has 0 saturated heterocycles. The first-order chi connectivity index (χ1) is 17.0. The molecule has 0 aliphatic carbocycles. The molecule has 0 saturated carbocycles. The summed E-state index contributed by atoms with van der Waals surface area (Å²) in [6.07, 6.45) is 0. The summed E-state index contributed by atoms with van der Waals surface area (Å²) in [6.45, 7) is 1.67. The van der Waals surface area contributed by atoms with Crippen LogP contribution in [0.1, 0.15) is 28.7 Å². The van der Waals surface area contributed by atoms with Crippen molar-refractivity contribution in [1.29, 1.82) is 0 Å². The summed E-state index contributed by atoms with van der Waals surface area (Å²) in [5.74, 6) is 1.14. The van der Waals surface area contributed by atoms with Crippen molar-refractivity contribution in [3.8, 4) is 23.1 Å². The zero-order chi connectivity index (χ0) is 24.8. The van der Waals surface area contributed by atoms with E-state index in [-0.39, 0.29) is 29.6 Å². The molecule has 1 amide bonds. The maximum absolute atomic E-state index is 13.0. The van der Waals surface area contributed by atoms with E-state index in [0.29, 0.717) is 23.0 Å². The summed E-state index contributed by atoms with van der Waals surface area (Å²) in [5, 5.41) is 19.4. The number of hydrogen-bond donors (Lipinski definition) is 2. The van der Waals surface area contributed by atoms with E-state index >= 15 is 0 Å². The molecule has 13 nitrogen and oxygen atoms in total. The molecule has 0 bridgehead atoms. The Morgan fingerprint density at radius 3 is 2.57 bits per heavy atom. The molecule has 0 fully saturated rings. The molecule has 4 aromatic rings. The predicted octanol–water partition coefficient (Wildman–Crippen LogP) is 1.98. The Bertz CT molecular complexity index is 1350. The summed E-state index contributed by atoms with van der Waals surface area (Å²) in [6, 6.07) is 14.3. The number of benzene rings is 2. The highest BCUT2D eigenvalue weighted by Crippen LogP contribution is 2.27. The van der Waals surface area contributed by atoms with Crippen molar-refractivity contribution in [3.05, 3.63) is 65.5 Å². The molecule has 0 radical (unpaired) electrons. The molecular formula is C22H22N8O5. The average Bonchev–Trinajstić information content (AvgIpc) is 3.51. The summed E-state index contributed by atoms with van der Waals surface area (Å²) in [7, 11) is 3.09. The van der Waals surface area contributed by atoms with Crippen molar-refractivity contribution < 1.29 is 23.6 Å². The van der Waals surface area contributed by atoms with Gasteiger partial charge in [0.2, 0.25) is 11.6 Å². The number of rotatable bonds is 9. The number of nitrogens with zero attached hydrogens (tertiary/aromatic N) is 6. The van der Waals surface area contributed by atoms with Crippen molar-refractivity contribution in [1.82, 2.24) is 30.7 Å². The molecule has 0 aliphatic rings. The number of hydrogen-bond acceptors (Lipinski definition) is 11.